The Morgan fingerprint density at radius 1 is 1.33 bits per heavy atom. The van der Waals surface area contributed by atoms with Gasteiger partial charge in [0.25, 0.3) is 0 Å². The van der Waals surface area contributed by atoms with E-state index >= 15 is 0 Å². The zero-order valence-electron chi connectivity index (χ0n) is 11.6. The molecule has 0 fully saturated rings. The van der Waals surface area contributed by atoms with Gasteiger partial charge >= 0.3 is 0 Å². The average molecular weight is 345 g/mol. The highest BCUT2D eigenvalue weighted by Gasteiger charge is 2.11. The van der Waals surface area contributed by atoms with Crippen molar-refractivity contribution in [3.8, 4) is 11.3 Å². The summed E-state index contributed by atoms with van der Waals surface area (Å²) in [7, 11) is 1.76. The van der Waals surface area contributed by atoms with Gasteiger partial charge in [-0.2, -0.15) is 5.10 Å². The lowest BCUT2D eigenvalue weighted by Gasteiger charge is -2.16. The van der Waals surface area contributed by atoms with Crippen LogP contribution in [0.1, 0.15) is 6.92 Å². The third kappa shape index (κ3) is 2.42. The normalized spacial score (nSPS) is 10.8. The molecular formula is C15H13BrN4O. The molecule has 2 heterocycles. The fourth-order valence-corrected chi connectivity index (χ4v) is 2.50. The van der Waals surface area contributed by atoms with E-state index in [4.69, 9.17) is 0 Å². The Balaban J connectivity index is 2.15. The van der Waals surface area contributed by atoms with E-state index in [1.54, 1.807) is 35.8 Å². The monoisotopic (exact) mass is 344 g/mol. The van der Waals surface area contributed by atoms with Crippen molar-refractivity contribution in [2.45, 2.75) is 6.92 Å². The summed E-state index contributed by atoms with van der Waals surface area (Å²) in [5, 5.41) is 4.33. The van der Waals surface area contributed by atoms with Crippen LogP contribution in [0.3, 0.4) is 0 Å². The molecule has 0 N–H and O–H groups in total. The third-order valence-corrected chi connectivity index (χ3v) is 3.92. The van der Waals surface area contributed by atoms with Gasteiger partial charge in [0.05, 0.1) is 16.4 Å². The first-order chi connectivity index (χ1) is 10.1. The lowest BCUT2D eigenvalue weighted by atomic mass is 10.1. The zero-order valence-corrected chi connectivity index (χ0v) is 13.2. The van der Waals surface area contributed by atoms with Crippen molar-refractivity contribution in [3.63, 3.8) is 0 Å². The van der Waals surface area contributed by atoms with Crippen molar-refractivity contribution in [1.29, 1.82) is 0 Å². The molecule has 2 aromatic heterocycles. The first kappa shape index (κ1) is 13.8. The van der Waals surface area contributed by atoms with Crippen LogP contribution in [0.2, 0.25) is 0 Å². The highest BCUT2D eigenvalue weighted by molar-refractivity contribution is 9.10. The van der Waals surface area contributed by atoms with E-state index in [2.05, 4.69) is 26.0 Å². The molecule has 106 valence electrons. The molecule has 21 heavy (non-hydrogen) atoms. The lowest BCUT2D eigenvalue weighted by molar-refractivity contribution is -0.116. The summed E-state index contributed by atoms with van der Waals surface area (Å²) in [6.07, 6.45) is 3.47. The van der Waals surface area contributed by atoms with Gasteiger partial charge in [-0.05, 0) is 34.1 Å². The van der Waals surface area contributed by atoms with E-state index in [9.17, 15) is 4.79 Å². The molecule has 0 unspecified atom stereocenters. The maximum Gasteiger partial charge on any atom is 0.223 e. The van der Waals surface area contributed by atoms with Gasteiger partial charge in [0.1, 0.15) is 0 Å². The van der Waals surface area contributed by atoms with Gasteiger partial charge in [-0.1, -0.05) is 12.1 Å². The molecule has 0 saturated carbocycles. The van der Waals surface area contributed by atoms with Gasteiger partial charge in [-0.25, -0.2) is 9.50 Å². The van der Waals surface area contributed by atoms with Crippen LogP contribution in [-0.4, -0.2) is 27.6 Å². The Morgan fingerprint density at radius 3 is 2.90 bits per heavy atom. The Kier molecular flexibility index (Phi) is 3.47. The predicted octanol–water partition coefficient (Wildman–Crippen LogP) is 3.14. The van der Waals surface area contributed by atoms with Crippen LogP contribution in [-0.2, 0) is 4.79 Å². The fraction of sp³-hybridized carbons (Fsp3) is 0.133. The van der Waals surface area contributed by atoms with E-state index in [1.807, 2.05) is 30.3 Å². The standard InChI is InChI=1S/C15H13BrN4O/c1-10(21)19(2)12-5-3-4-11(8-12)14-6-7-17-15-13(16)9-18-20(14)15/h3-9H,1-2H3. The van der Waals surface area contributed by atoms with Crippen molar-refractivity contribution < 1.29 is 4.79 Å². The van der Waals surface area contributed by atoms with Crippen molar-refractivity contribution in [3.05, 3.63) is 47.2 Å². The number of rotatable bonds is 2. The van der Waals surface area contributed by atoms with Crippen LogP contribution >= 0.6 is 15.9 Å². The van der Waals surface area contributed by atoms with E-state index in [0.717, 1.165) is 27.1 Å². The number of benzene rings is 1. The van der Waals surface area contributed by atoms with Crippen LogP contribution in [0.25, 0.3) is 16.9 Å². The van der Waals surface area contributed by atoms with Gasteiger partial charge in [0.2, 0.25) is 5.91 Å². The molecule has 1 aromatic carbocycles. The number of anilines is 1. The van der Waals surface area contributed by atoms with Gasteiger partial charge in [-0.15, -0.1) is 0 Å². The molecule has 1 amide bonds. The molecule has 0 radical (unpaired) electrons. The number of nitrogens with zero attached hydrogens (tertiary/aromatic N) is 4. The highest BCUT2D eigenvalue weighted by atomic mass is 79.9. The molecule has 0 spiro atoms. The first-order valence-electron chi connectivity index (χ1n) is 6.41. The summed E-state index contributed by atoms with van der Waals surface area (Å²) in [5.41, 5.74) is 3.50. The molecule has 5 nitrogen and oxygen atoms in total. The molecule has 6 heteroatoms. The van der Waals surface area contributed by atoms with Crippen LogP contribution in [0, 0.1) is 0 Å². The van der Waals surface area contributed by atoms with Crippen LogP contribution < -0.4 is 4.90 Å². The summed E-state index contributed by atoms with van der Waals surface area (Å²) in [6, 6.07) is 9.68. The van der Waals surface area contributed by atoms with Crippen LogP contribution in [0.5, 0.6) is 0 Å². The van der Waals surface area contributed by atoms with E-state index in [-0.39, 0.29) is 5.91 Å². The zero-order chi connectivity index (χ0) is 15.0. The summed E-state index contributed by atoms with van der Waals surface area (Å²) < 4.78 is 2.62. The van der Waals surface area contributed by atoms with Crippen molar-refractivity contribution in [1.82, 2.24) is 14.6 Å². The Bertz CT molecular complexity index is 827. The SMILES string of the molecule is CC(=O)N(C)c1cccc(-c2ccnc3c(Br)cnn23)c1. The molecule has 3 aromatic rings. The number of carbonyl (C=O) groups excluding carboxylic acids is 1. The Labute approximate surface area is 130 Å². The number of halogens is 1. The minimum atomic E-state index is -0.00569. The second kappa shape index (κ2) is 5.29. The minimum Gasteiger partial charge on any atom is -0.316 e. The van der Waals surface area contributed by atoms with Crippen molar-refractivity contribution >= 4 is 33.2 Å². The number of hydrogen-bond acceptors (Lipinski definition) is 3. The summed E-state index contributed by atoms with van der Waals surface area (Å²) in [4.78, 5) is 17.4. The number of amides is 1. The van der Waals surface area contributed by atoms with Crippen LogP contribution in [0.15, 0.2) is 47.2 Å². The number of aromatic nitrogens is 3. The van der Waals surface area contributed by atoms with E-state index < -0.39 is 0 Å². The van der Waals surface area contributed by atoms with Gasteiger partial charge in [0.15, 0.2) is 5.65 Å². The second-order valence-electron chi connectivity index (χ2n) is 4.69. The molecular weight excluding hydrogens is 332 g/mol. The molecule has 0 bridgehead atoms. The quantitative estimate of drug-likeness (QED) is 0.717. The number of hydrogen-bond donors (Lipinski definition) is 0. The Hall–Kier alpha value is -2.21. The van der Waals surface area contributed by atoms with Crippen LogP contribution in [0.4, 0.5) is 5.69 Å². The molecule has 0 saturated heterocycles. The Morgan fingerprint density at radius 2 is 2.14 bits per heavy atom. The second-order valence-corrected chi connectivity index (χ2v) is 5.54. The van der Waals surface area contributed by atoms with Gasteiger partial charge in [0, 0.05) is 31.4 Å². The summed E-state index contributed by atoms with van der Waals surface area (Å²) >= 11 is 3.43. The van der Waals surface area contributed by atoms with Crippen molar-refractivity contribution in [2.24, 2.45) is 0 Å². The number of fused-ring (bicyclic) bond motifs is 1. The van der Waals surface area contributed by atoms with Gasteiger partial charge in [-0.3, -0.25) is 4.79 Å². The third-order valence-electron chi connectivity index (χ3n) is 3.36. The fourth-order valence-electron chi connectivity index (χ4n) is 2.14. The number of carbonyl (C=O) groups is 1. The smallest absolute Gasteiger partial charge is 0.223 e. The average Bonchev–Trinajstić information content (AvgIpc) is 2.88. The summed E-state index contributed by atoms with van der Waals surface area (Å²) in [6.45, 7) is 1.54. The molecule has 0 aliphatic heterocycles. The van der Waals surface area contributed by atoms with Crippen molar-refractivity contribution in [2.75, 3.05) is 11.9 Å². The minimum absolute atomic E-state index is 0.00569. The lowest BCUT2D eigenvalue weighted by Crippen LogP contribution is -2.22. The highest BCUT2D eigenvalue weighted by Crippen LogP contribution is 2.26. The molecule has 0 aliphatic carbocycles. The maximum absolute atomic E-state index is 11.5. The van der Waals surface area contributed by atoms with Gasteiger partial charge < -0.3 is 4.90 Å². The molecule has 3 rings (SSSR count). The largest absolute Gasteiger partial charge is 0.316 e. The summed E-state index contributed by atoms with van der Waals surface area (Å²) in [5.74, 6) is -0.00569. The maximum atomic E-state index is 11.5. The molecule has 0 aliphatic rings. The first-order valence-corrected chi connectivity index (χ1v) is 7.20. The van der Waals surface area contributed by atoms with E-state index in [1.165, 1.54) is 0 Å². The predicted molar refractivity (Wildman–Crippen MR) is 85.2 cm³/mol. The van der Waals surface area contributed by atoms with E-state index in [0.29, 0.717) is 0 Å². The molecule has 0 atom stereocenters. The topological polar surface area (TPSA) is 50.5 Å².